The van der Waals surface area contributed by atoms with Crippen LogP contribution < -0.4 is 0 Å². The number of nitrogens with zero attached hydrogens (tertiary/aromatic N) is 2. The predicted octanol–water partition coefficient (Wildman–Crippen LogP) is 1.98. The van der Waals surface area contributed by atoms with Crippen LogP contribution in [0.1, 0.15) is 25.8 Å². The number of terminal acetylenes is 1. The normalized spacial score (nSPS) is 20.2. The number of hydrogen-bond donors (Lipinski definition) is 1. The average Bonchev–Trinajstić information content (AvgIpc) is 2.62. The highest BCUT2D eigenvalue weighted by Gasteiger charge is 2.23. The van der Waals surface area contributed by atoms with E-state index in [-0.39, 0.29) is 0 Å². The van der Waals surface area contributed by atoms with Gasteiger partial charge >= 0.3 is 0 Å². The van der Waals surface area contributed by atoms with E-state index in [1.807, 2.05) is 13.8 Å². The van der Waals surface area contributed by atoms with E-state index in [1.165, 1.54) is 5.56 Å². The van der Waals surface area contributed by atoms with Gasteiger partial charge in [-0.05, 0) is 18.9 Å². The molecule has 0 unspecified atom stereocenters. The van der Waals surface area contributed by atoms with Crippen LogP contribution in [-0.4, -0.2) is 65.9 Å². The summed E-state index contributed by atoms with van der Waals surface area (Å²) in [7, 11) is 0. The molecule has 1 aliphatic heterocycles. The van der Waals surface area contributed by atoms with Crippen LogP contribution in [-0.2, 0) is 11.3 Å². The molecule has 1 aromatic carbocycles. The Balaban J connectivity index is 1.68. The lowest BCUT2D eigenvalue weighted by Gasteiger charge is -2.36. The van der Waals surface area contributed by atoms with Crippen molar-refractivity contribution in [1.82, 2.24) is 9.80 Å². The number of aliphatic hydroxyl groups is 1. The van der Waals surface area contributed by atoms with E-state index in [1.54, 1.807) is 0 Å². The highest BCUT2D eigenvalue weighted by Crippen LogP contribution is 2.14. The minimum atomic E-state index is -0.574. The van der Waals surface area contributed by atoms with Crippen molar-refractivity contribution in [2.24, 2.45) is 0 Å². The molecule has 2 rings (SSSR count). The first-order valence-electron chi connectivity index (χ1n) is 8.83. The van der Waals surface area contributed by atoms with Gasteiger partial charge in [0, 0.05) is 39.3 Å². The molecule has 0 radical (unpaired) electrons. The molecule has 1 N–H and O–H groups in total. The van der Waals surface area contributed by atoms with Crippen LogP contribution in [0.3, 0.4) is 0 Å². The third-order valence-electron chi connectivity index (χ3n) is 4.76. The van der Waals surface area contributed by atoms with Crippen molar-refractivity contribution >= 4 is 0 Å². The highest BCUT2D eigenvalue weighted by atomic mass is 16.5. The molecule has 132 valence electrons. The van der Waals surface area contributed by atoms with Gasteiger partial charge in [-0.25, -0.2) is 0 Å². The van der Waals surface area contributed by atoms with Gasteiger partial charge in [0.05, 0.1) is 12.7 Å². The van der Waals surface area contributed by atoms with Crippen molar-refractivity contribution in [3.8, 4) is 12.3 Å². The molecule has 1 heterocycles. The van der Waals surface area contributed by atoms with Crippen molar-refractivity contribution in [1.29, 1.82) is 0 Å². The van der Waals surface area contributed by atoms with E-state index in [9.17, 15) is 5.11 Å². The van der Waals surface area contributed by atoms with Crippen molar-refractivity contribution in [2.75, 3.05) is 39.3 Å². The van der Waals surface area contributed by atoms with Crippen LogP contribution in [0.5, 0.6) is 0 Å². The zero-order chi connectivity index (χ0) is 17.4. The summed E-state index contributed by atoms with van der Waals surface area (Å²) in [5.41, 5.74) is 0.780. The summed E-state index contributed by atoms with van der Waals surface area (Å²) < 4.78 is 5.71. The molecule has 2 atom stereocenters. The van der Waals surface area contributed by atoms with Gasteiger partial charge in [-0.1, -0.05) is 43.2 Å². The summed E-state index contributed by atoms with van der Waals surface area (Å²) in [6.45, 7) is 9.83. The zero-order valence-electron chi connectivity index (χ0n) is 14.9. The van der Waals surface area contributed by atoms with E-state index >= 15 is 0 Å². The Kier molecular flexibility index (Phi) is 7.26. The summed E-state index contributed by atoms with van der Waals surface area (Å²) in [6.07, 6.45) is 5.74. The van der Waals surface area contributed by atoms with Crippen molar-refractivity contribution in [3.63, 3.8) is 0 Å². The number of ether oxygens (including phenoxy) is 1. The van der Waals surface area contributed by atoms with Gasteiger partial charge in [-0.2, -0.15) is 0 Å². The summed E-state index contributed by atoms with van der Waals surface area (Å²) in [5, 5.41) is 10.2. The maximum absolute atomic E-state index is 10.2. The minimum absolute atomic E-state index is 0.290. The molecular weight excluding hydrogens is 300 g/mol. The average molecular weight is 330 g/mol. The van der Waals surface area contributed by atoms with Crippen molar-refractivity contribution < 1.29 is 9.84 Å². The van der Waals surface area contributed by atoms with E-state index in [0.717, 1.165) is 39.1 Å². The molecule has 0 spiro atoms. The van der Waals surface area contributed by atoms with Crippen molar-refractivity contribution in [2.45, 2.75) is 38.5 Å². The Morgan fingerprint density at radius 1 is 1.21 bits per heavy atom. The lowest BCUT2D eigenvalue weighted by Crippen LogP contribution is -2.49. The lowest BCUT2D eigenvalue weighted by atomic mass is 10.1. The lowest BCUT2D eigenvalue weighted by molar-refractivity contribution is -0.0501. The van der Waals surface area contributed by atoms with Crippen LogP contribution in [0.2, 0.25) is 0 Å². The highest BCUT2D eigenvalue weighted by molar-refractivity contribution is 5.14. The van der Waals surface area contributed by atoms with Gasteiger partial charge in [0.15, 0.2) is 0 Å². The van der Waals surface area contributed by atoms with Crippen LogP contribution >= 0.6 is 0 Å². The third-order valence-corrected chi connectivity index (χ3v) is 4.76. The van der Waals surface area contributed by atoms with Crippen molar-refractivity contribution in [3.05, 3.63) is 35.9 Å². The second-order valence-corrected chi connectivity index (χ2v) is 6.76. The number of β-amino-alcohol motifs (C(OH)–C–C–N with tert-alkyl or cyclic N) is 1. The summed E-state index contributed by atoms with van der Waals surface area (Å²) in [5.74, 6) is 2.66. The SMILES string of the molecule is C#C[C@@](C)(CC)OC[C@@H](O)CN1CCN(Cc2ccccc2)CC1. The first-order chi connectivity index (χ1) is 11.5. The third kappa shape index (κ3) is 5.92. The number of hydrogen-bond acceptors (Lipinski definition) is 4. The first kappa shape index (κ1) is 19.0. The van der Waals surface area contributed by atoms with Crippen LogP contribution in [0.15, 0.2) is 30.3 Å². The molecule has 0 amide bonds. The molecule has 4 heteroatoms. The molecule has 1 saturated heterocycles. The molecular formula is C20H30N2O2. The minimum Gasteiger partial charge on any atom is -0.389 e. The van der Waals surface area contributed by atoms with Gasteiger partial charge in [0.1, 0.15) is 5.60 Å². The largest absolute Gasteiger partial charge is 0.389 e. The van der Waals surface area contributed by atoms with Crippen LogP contribution in [0.25, 0.3) is 0 Å². The quantitative estimate of drug-likeness (QED) is 0.740. The Morgan fingerprint density at radius 3 is 2.42 bits per heavy atom. The zero-order valence-corrected chi connectivity index (χ0v) is 14.9. The summed E-state index contributed by atoms with van der Waals surface area (Å²) in [4.78, 5) is 4.76. The van der Waals surface area contributed by atoms with E-state index in [4.69, 9.17) is 11.2 Å². The standard InChI is InChI=1S/C20H30N2O2/c1-4-20(3,5-2)24-17-19(23)16-22-13-11-21(12-14-22)15-18-9-7-6-8-10-18/h1,6-10,19,23H,5,11-17H2,2-3H3/t19-,20-/m0/s1. The number of piperazine rings is 1. The molecule has 1 aromatic rings. The Labute approximate surface area is 146 Å². The Morgan fingerprint density at radius 2 is 1.83 bits per heavy atom. The van der Waals surface area contributed by atoms with Gasteiger partial charge < -0.3 is 9.84 Å². The van der Waals surface area contributed by atoms with Gasteiger partial charge in [0.2, 0.25) is 0 Å². The summed E-state index contributed by atoms with van der Waals surface area (Å²) >= 11 is 0. The fourth-order valence-corrected chi connectivity index (χ4v) is 2.85. The summed E-state index contributed by atoms with van der Waals surface area (Å²) in [6, 6.07) is 10.6. The molecule has 0 bridgehead atoms. The maximum atomic E-state index is 10.2. The predicted molar refractivity (Wildman–Crippen MR) is 97.6 cm³/mol. The molecule has 4 nitrogen and oxygen atoms in total. The monoisotopic (exact) mass is 330 g/mol. The van der Waals surface area contributed by atoms with Gasteiger partial charge in [-0.3, -0.25) is 9.80 Å². The Bertz CT molecular complexity index is 520. The molecule has 0 saturated carbocycles. The Hall–Kier alpha value is -1.38. The number of aliphatic hydroxyl groups excluding tert-OH is 1. The van der Waals surface area contributed by atoms with Crippen LogP contribution in [0, 0.1) is 12.3 Å². The second-order valence-electron chi connectivity index (χ2n) is 6.76. The second kappa shape index (κ2) is 9.19. The van der Waals surface area contributed by atoms with Gasteiger partial charge in [0.25, 0.3) is 0 Å². The molecule has 24 heavy (non-hydrogen) atoms. The topological polar surface area (TPSA) is 35.9 Å². The maximum Gasteiger partial charge on any atom is 0.125 e. The molecule has 0 aromatic heterocycles. The van der Waals surface area contributed by atoms with E-state index in [2.05, 4.69) is 46.1 Å². The van der Waals surface area contributed by atoms with E-state index < -0.39 is 11.7 Å². The first-order valence-corrected chi connectivity index (χ1v) is 8.83. The smallest absolute Gasteiger partial charge is 0.125 e. The fourth-order valence-electron chi connectivity index (χ4n) is 2.85. The number of rotatable bonds is 8. The molecule has 0 aliphatic carbocycles. The molecule has 1 fully saturated rings. The molecule has 1 aliphatic rings. The van der Waals surface area contributed by atoms with E-state index in [0.29, 0.717) is 13.2 Å². The fraction of sp³-hybridized carbons (Fsp3) is 0.600. The van der Waals surface area contributed by atoms with Crippen LogP contribution in [0.4, 0.5) is 0 Å². The van der Waals surface area contributed by atoms with Gasteiger partial charge in [-0.15, -0.1) is 6.42 Å². The number of benzene rings is 1.